The molecule has 0 unspecified atom stereocenters. The number of amides is 2. The van der Waals surface area contributed by atoms with Gasteiger partial charge < -0.3 is 15.1 Å². The van der Waals surface area contributed by atoms with Crippen molar-refractivity contribution in [1.29, 1.82) is 0 Å². The molecule has 2 amide bonds. The quantitative estimate of drug-likeness (QED) is 0.772. The minimum Gasteiger partial charge on any atom is -0.423 e. The predicted octanol–water partition coefficient (Wildman–Crippen LogP) is 3.70. The summed E-state index contributed by atoms with van der Waals surface area (Å²) in [5.41, 5.74) is 2.45. The number of urea groups is 1. The number of carbonyl (C=O) groups is 1. The van der Waals surface area contributed by atoms with Gasteiger partial charge in [-0.15, -0.1) is 0 Å². The monoisotopic (exact) mass is 397 g/mol. The van der Waals surface area contributed by atoms with E-state index in [1.165, 1.54) is 19.3 Å². The van der Waals surface area contributed by atoms with Gasteiger partial charge in [-0.1, -0.05) is 31.4 Å². The molecule has 156 valence electrons. The van der Waals surface area contributed by atoms with Crippen molar-refractivity contribution >= 4 is 17.0 Å². The molecule has 1 aromatic carbocycles. The highest BCUT2D eigenvalue weighted by Crippen LogP contribution is 2.22. The smallest absolute Gasteiger partial charge is 0.336 e. The fourth-order valence-electron chi connectivity index (χ4n) is 4.60. The van der Waals surface area contributed by atoms with Crippen LogP contribution in [-0.2, 0) is 6.54 Å². The van der Waals surface area contributed by atoms with Gasteiger partial charge in [-0.2, -0.15) is 0 Å². The second-order valence-electron chi connectivity index (χ2n) is 8.59. The zero-order valence-corrected chi connectivity index (χ0v) is 17.2. The first-order valence-corrected chi connectivity index (χ1v) is 10.9. The molecule has 0 atom stereocenters. The summed E-state index contributed by atoms with van der Waals surface area (Å²) in [7, 11) is 0. The fraction of sp³-hybridized carbons (Fsp3) is 0.565. The van der Waals surface area contributed by atoms with E-state index in [0.29, 0.717) is 11.6 Å². The molecular weight excluding hydrogens is 366 g/mol. The second-order valence-corrected chi connectivity index (χ2v) is 8.59. The number of nitrogens with one attached hydrogen (secondary N) is 2. The fourth-order valence-corrected chi connectivity index (χ4v) is 4.60. The number of aryl methyl sites for hydroxylation is 1. The van der Waals surface area contributed by atoms with Crippen molar-refractivity contribution in [2.24, 2.45) is 0 Å². The van der Waals surface area contributed by atoms with Crippen molar-refractivity contribution in [2.75, 3.05) is 13.1 Å². The Kier molecular flexibility index (Phi) is 6.19. The standard InChI is InChI=1S/C23H31N3O3/c1-16-7-8-20-17(14-22(27)29-21(20)13-16)15-26-11-9-19(10-12-26)25-23(28)24-18-5-3-2-4-6-18/h7-8,13-14,18-19H,2-6,9-12,15H2,1H3,(H2,24,25,28). The molecule has 1 saturated carbocycles. The van der Waals surface area contributed by atoms with Crippen molar-refractivity contribution in [3.05, 3.63) is 45.8 Å². The molecule has 0 spiro atoms. The summed E-state index contributed by atoms with van der Waals surface area (Å²) in [6, 6.07) is 8.15. The van der Waals surface area contributed by atoms with Crippen LogP contribution in [-0.4, -0.2) is 36.1 Å². The number of benzene rings is 1. The van der Waals surface area contributed by atoms with Gasteiger partial charge in [0.25, 0.3) is 0 Å². The zero-order chi connectivity index (χ0) is 20.2. The molecule has 6 nitrogen and oxygen atoms in total. The number of hydrogen-bond donors (Lipinski definition) is 2. The molecule has 1 saturated heterocycles. The van der Waals surface area contributed by atoms with Crippen LogP contribution in [0.25, 0.3) is 11.0 Å². The molecule has 1 aliphatic heterocycles. The number of nitrogens with zero attached hydrogens (tertiary/aromatic N) is 1. The third kappa shape index (κ3) is 5.18. The molecule has 2 fully saturated rings. The van der Waals surface area contributed by atoms with E-state index in [2.05, 4.69) is 15.5 Å². The van der Waals surface area contributed by atoms with Gasteiger partial charge in [0.05, 0.1) is 0 Å². The first kappa shape index (κ1) is 20.0. The van der Waals surface area contributed by atoms with E-state index in [9.17, 15) is 9.59 Å². The first-order chi connectivity index (χ1) is 14.1. The SMILES string of the molecule is Cc1ccc2c(CN3CCC(NC(=O)NC4CCCCC4)CC3)cc(=O)oc2c1. The van der Waals surface area contributed by atoms with Gasteiger partial charge in [-0.05, 0) is 49.8 Å². The molecule has 0 bridgehead atoms. The van der Waals surface area contributed by atoms with Crippen LogP contribution in [0.15, 0.2) is 33.5 Å². The van der Waals surface area contributed by atoms with E-state index < -0.39 is 0 Å². The molecule has 2 heterocycles. The van der Waals surface area contributed by atoms with E-state index >= 15 is 0 Å². The van der Waals surface area contributed by atoms with Gasteiger partial charge in [0.1, 0.15) is 5.58 Å². The van der Waals surface area contributed by atoms with Crippen molar-refractivity contribution in [2.45, 2.75) is 70.5 Å². The van der Waals surface area contributed by atoms with Crippen molar-refractivity contribution in [3.8, 4) is 0 Å². The lowest BCUT2D eigenvalue weighted by Gasteiger charge is -2.33. The summed E-state index contributed by atoms with van der Waals surface area (Å²) >= 11 is 0. The molecule has 6 heteroatoms. The van der Waals surface area contributed by atoms with Gasteiger partial charge in [0, 0.05) is 43.2 Å². The number of fused-ring (bicyclic) bond motifs is 1. The Morgan fingerprint density at radius 1 is 1.03 bits per heavy atom. The summed E-state index contributed by atoms with van der Waals surface area (Å²) in [5.74, 6) is 0. The van der Waals surface area contributed by atoms with E-state index in [1.807, 2.05) is 25.1 Å². The van der Waals surface area contributed by atoms with Crippen LogP contribution in [0.5, 0.6) is 0 Å². The molecule has 0 radical (unpaired) electrons. The number of piperidine rings is 1. The lowest BCUT2D eigenvalue weighted by molar-refractivity contribution is 0.185. The maximum Gasteiger partial charge on any atom is 0.336 e. The summed E-state index contributed by atoms with van der Waals surface area (Å²) in [4.78, 5) is 26.6. The summed E-state index contributed by atoms with van der Waals surface area (Å²) < 4.78 is 5.37. The van der Waals surface area contributed by atoms with Crippen molar-refractivity contribution < 1.29 is 9.21 Å². The van der Waals surface area contributed by atoms with Crippen LogP contribution < -0.4 is 16.3 Å². The molecule has 4 rings (SSSR count). The first-order valence-electron chi connectivity index (χ1n) is 10.9. The molecule has 2 N–H and O–H groups in total. The van der Waals surface area contributed by atoms with Gasteiger partial charge in [0.15, 0.2) is 0 Å². The van der Waals surface area contributed by atoms with Gasteiger partial charge in [-0.3, -0.25) is 4.90 Å². The van der Waals surface area contributed by atoms with Gasteiger partial charge in [-0.25, -0.2) is 9.59 Å². The van der Waals surface area contributed by atoms with Crippen LogP contribution in [0.1, 0.15) is 56.1 Å². The number of likely N-dealkylation sites (tertiary alicyclic amines) is 1. The van der Waals surface area contributed by atoms with Crippen LogP contribution in [0.2, 0.25) is 0 Å². The summed E-state index contributed by atoms with van der Waals surface area (Å²) in [5, 5.41) is 7.30. The zero-order valence-electron chi connectivity index (χ0n) is 17.2. The van der Waals surface area contributed by atoms with Gasteiger partial charge in [0.2, 0.25) is 0 Å². The molecule has 29 heavy (non-hydrogen) atoms. The third-order valence-electron chi connectivity index (χ3n) is 6.24. The Bertz CT molecular complexity index is 909. The average molecular weight is 398 g/mol. The van der Waals surface area contributed by atoms with Gasteiger partial charge >= 0.3 is 11.7 Å². The Labute approximate surface area is 171 Å². The highest BCUT2D eigenvalue weighted by molar-refractivity contribution is 5.80. The molecule has 1 aromatic heterocycles. The van der Waals surface area contributed by atoms with E-state index in [1.54, 1.807) is 6.07 Å². The highest BCUT2D eigenvalue weighted by Gasteiger charge is 2.23. The van der Waals surface area contributed by atoms with E-state index in [0.717, 1.165) is 61.8 Å². The van der Waals surface area contributed by atoms with Crippen LogP contribution in [0.4, 0.5) is 4.79 Å². The maximum atomic E-state index is 12.3. The number of hydrogen-bond acceptors (Lipinski definition) is 4. The minimum atomic E-state index is -0.297. The van der Waals surface area contributed by atoms with Crippen LogP contribution in [0.3, 0.4) is 0 Å². The van der Waals surface area contributed by atoms with E-state index in [4.69, 9.17) is 4.42 Å². The largest absolute Gasteiger partial charge is 0.423 e. The Morgan fingerprint density at radius 2 is 1.72 bits per heavy atom. The lowest BCUT2D eigenvalue weighted by Crippen LogP contribution is -2.50. The van der Waals surface area contributed by atoms with Crippen molar-refractivity contribution in [3.63, 3.8) is 0 Å². The van der Waals surface area contributed by atoms with Crippen LogP contribution in [0, 0.1) is 6.92 Å². The molecule has 2 aromatic rings. The lowest BCUT2D eigenvalue weighted by atomic mass is 9.96. The molecular formula is C23H31N3O3. The Hall–Kier alpha value is -2.34. The van der Waals surface area contributed by atoms with E-state index in [-0.39, 0.29) is 17.7 Å². The highest BCUT2D eigenvalue weighted by atomic mass is 16.4. The molecule has 2 aliphatic rings. The maximum absolute atomic E-state index is 12.3. The molecule has 1 aliphatic carbocycles. The topological polar surface area (TPSA) is 74.6 Å². The Balaban J connectivity index is 1.30. The van der Waals surface area contributed by atoms with Crippen LogP contribution >= 0.6 is 0 Å². The predicted molar refractivity (Wildman–Crippen MR) is 114 cm³/mol. The minimum absolute atomic E-state index is 0.0163. The Morgan fingerprint density at radius 3 is 2.45 bits per heavy atom. The summed E-state index contributed by atoms with van der Waals surface area (Å²) in [6.07, 6.45) is 7.78. The third-order valence-corrected chi connectivity index (χ3v) is 6.24. The summed E-state index contributed by atoms with van der Waals surface area (Å²) in [6.45, 7) is 4.53. The number of carbonyl (C=O) groups excluding carboxylic acids is 1. The normalized spacial score (nSPS) is 19.3. The second kappa shape index (κ2) is 8.99. The number of rotatable bonds is 4. The van der Waals surface area contributed by atoms with Crippen molar-refractivity contribution in [1.82, 2.24) is 15.5 Å². The average Bonchev–Trinajstić information content (AvgIpc) is 2.69.